The summed E-state index contributed by atoms with van der Waals surface area (Å²) >= 11 is 0. The maximum atomic E-state index is 11.4. The van der Waals surface area contributed by atoms with Crippen molar-refractivity contribution >= 4 is 17.9 Å². The van der Waals surface area contributed by atoms with Crippen LogP contribution in [0, 0.1) is 0 Å². The maximum Gasteiger partial charge on any atom is 0.303 e. The van der Waals surface area contributed by atoms with E-state index in [1.54, 1.807) is 0 Å². The molecule has 1 rings (SSSR count). The summed E-state index contributed by atoms with van der Waals surface area (Å²) in [6.45, 7) is 5.77. The van der Waals surface area contributed by atoms with Gasteiger partial charge < -0.3 is 29.4 Å². The minimum Gasteiger partial charge on any atom is -0.463 e. The van der Waals surface area contributed by atoms with Crippen LogP contribution in [0.5, 0.6) is 0 Å². The second-order valence-electron chi connectivity index (χ2n) is 5.44. The number of nitrogens with two attached hydrogens (primary N) is 1. The molecule has 0 bridgehead atoms. The molecule has 9 heteroatoms. The minimum absolute atomic E-state index is 0.191. The lowest BCUT2D eigenvalue weighted by Crippen LogP contribution is -2.64. The topological polar surface area (TPSA) is 123 Å². The summed E-state index contributed by atoms with van der Waals surface area (Å²) in [5, 5.41) is 0. The van der Waals surface area contributed by atoms with Gasteiger partial charge >= 0.3 is 17.9 Å². The molecular weight excluding hydrogens is 322 g/mol. The van der Waals surface area contributed by atoms with Gasteiger partial charge in [0.05, 0.1) is 6.04 Å². The average molecular weight is 347 g/mol. The highest BCUT2D eigenvalue weighted by atomic mass is 16.7. The van der Waals surface area contributed by atoms with E-state index in [1.807, 2.05) is 6.92 Å². The van der Waals surface area contributed by atoms with E-state index < -0.39 is 48.6 Å². The van der Waals surface area contributed by atoms with Crippen LogP contribution in [0.3, 0.4) is 0 Å². The lowest BCUT2D eigenvalue weighted by molar-refractivity contribution is -0.273. The summed E-state index contributed by atoms with van der Waals surface area (Å²) in [7, 11) is 0. The molecule has 1 aliphatic heterocycles. The van der Waals surface area contributed by atoms with E-state index in [1.165, 1.54) is 20.8 Å². The quantitative estimate of drug-likeness (QED) is 0.496. The van der Waals surface area contributed by atoms with Crippen LogP contribution in [-0.2, 0) is 38.1 Å². The maximum absolute atomic E-state index is 11.4. The van der Waals surface area contributed by atoms with Crippen LogP contribution in [0.2, 0.25) is 0 Å². The van der Waals surface area contributed by atoms with Gasteiger partial charge in [-0.3, -0.25) is 14.4 Å². The van der Waals surface area contributed by atoms with Crippen LogP contribution in [0.4, 0.5) is 0 Å². The third-order valence-corrected chi connectivity index (χ3v) is 3.23. The van der Waals surface area contributed by atoms with Crippen molar-refractivity contribution < 1.29 is 38.1 Å². The largest absolute Gasteiger partial charge is 0.463 e. The van der Waals surface area contributed by atoms with E-state index >= 15 is 0 Å². The van der Waals surface area contributed by atoms with Gasteiger partial charge in [-0.25, -0.2) is 0 Å². The van der Waals surface area contributed by atoms with Crippen molar-refractivity contribution in [2.24, 2.45) is 5.73 Å². The van der Waals surface area contributed by atoms with Crippen LogP contribution in [0.1, 0.15) is 34.1 Å². The molecule has 1 heterocycles. The number of carbonyl (C=O) groups is 3. The van der Waals surface area contributed by atoms with Crippen LogP contribution in [0.25, 0.3) is 0 Å². The Balaban J connectivity index is 3.01. The molecule has 1 saturated heterocycles. The molecule has 0 aromatic rings. The van der Waals surface area contributed by atoms with Crippen molar-refractivity contribution in [1.29, 1.82) is 0 Å². The Kier molecular flexibility index (Phi) is 8.09. The highest BCUT2D eigenvalue weighted by Gasteiger charge is 2.49. The average Bonchev–Trinajstić information content (AvgIpc) is 2.48. The molecule has 0 spiro atoms. The van der Waals surface area contributed by atoms with Gasteiger partial charge in [0.15, 0.2) is 18.5 Å². The van der Waals surface area contributed by atoms with Crippen molar-refractivity contribution in [2.75, 3.05) is 13.2 Å². The molecule has 0 aliphatic carbocycles. The first-order valence-corrected chi connectivity index (χ1v) is 7.76. The standard InChI is InChI=1S/C15H25NO8/c1-5-6-20-15-12(16)14(23-10(4)19)13(22-9(3)18)11(24-15)7-21-8(2)17/h11-15H,5-7,16H2,1-4H3/t11-,12+,13-,14+,15+/m1/s1. The van der Waals surface area contributed by atoms with Crippen molar-refractivity contribution in [3.63, 3.8) is 0 Å². The summed E-state index contributed by atoms with van der Waals surface area (Å²) in [6, 6.07) is -0.863. The van der Waals surface area contributed by atoms with Crippen molar-refractivity contribution in [3.05, 3.63) is 0 Å². The fourth-order valence-electron chi connectivity index (χ4n) is 2.32. The molecule has 24 heavy (non-hydrogen) atoms. The number of hydrogen-bond donors (Lipinski definition) is 1. The number of esters is 3. The summed E-state index contributed by atoms with van der Waals surface area (Å²) in [5.41, 5.74) is 6.07. The first-order valence-electron chi connectivity index (χ1n) is 7.76. The van der Waals surface area contributed by atoms with Crippen molar-refractivity contribution in [2.45, 2.75) is 64.8 Å². The second-order valence-corrected chi connectivity index (χ2v) is 5.44. The van der Waals surface area contributed by atoms with Gasteiger partial charge in [-0.05, 0) is 6.42 Å². The van der Waals surface area contributed by atoms with Gasteiger partial charge in [-0.1, -0.05) is 6.92 Å². The summed E-state index contributed by atoms with van der Waals surface area (Å²) in [6.07, 6.45) is -3.03. The summed E-state index contributed by atoms with van der Waals surface area (Å²) in [4.78, 5) is 33.9. The van der Waals surface area contributed by atoms with Crippen molar-refractivity contribution in [3.8, 4) is 0 Å². The van der Waals surface area contributed by atoms with Gasteiger partial charge in [0, 0.05) is 27.4 Å². The molecule has 1 aliphatic rings. The molecule has 0 radical (unpaired) electrons. The summed E-state index contributed by atoms with van der Waals surface area (Å²) < 4.78 is 26.6. The summed E-state index contributed by atoms with van der Waals surface area (Å²) in [5.74, 6) is -1.71. The minimum atomic E-state index is -1.01. The lowest BCUT2D eigenvalue weighted by atomic mass is 9.97. The Morgan fingerprint density at radius 1 is 1.00 bits per heavy atom. The predicted molar refractivity (Wildman–Crippen MR) is 80.6 cm³/mol. The van der Waals surface area contributed by atoms with E-state index in [-0.39, 0.29) is 6.61 Å². The van der Waals surface area contributed by atoms with Crippen LogP contribution < -0.4 is 5.73 Å². The molecular formula is C15H25NO8. The van der Waals surface area contributed by atoms with E-state index in [2.05, 4.69) is 0 Å². The third kappa shape index (κ3) is 6.06. The Bertz CT molecular complexity index is 455. The zero-order valence-corrected chi connectivity index (χ0v) is 14.4. The molecule has 0 aromatic carbocycles. The van der Waals surface area contributed by atoms with Gasteiger partial charge in [-0.15, -0.1) is 0 Å². The number of carbonyl (C=O) groups excluding carboxylic acids is 3. The monoisotopic (exact) mass is 347 g/mol. The first kappa shape index (κ1) is 20.3. The number of hydrogen-bond acceptors (Lipinski definition) is 9. The Morgan fingerprint density at radius 2 is 1.58 bits per heavy atom. The molecule has 0 saturated carbocycles. The van der Waals surface area contributed by atoms with E-state index in [4.69, 9.17) is 29.4 Å². The fraction of sp³-hybridized carbons (Fsp3) is 0.800. The van der Waals surface area contributed by atoms with E-state index in [0.717, 1.165) is 6.42 Å². The van der Waals surface area contributed by atoms with Gasteiger partial charge in [-0.2, -0.15) is 0 Å². The van der Waals surface area contributed by atoms with Gasteiger partial charge in [0.25, 0.3) is 0 Å². The molecule has 1 fully saturated rings. The molecule has 0 unspecified atom stereocenters. The van der Waals surface area contributed by atoms with E-state index in [0.29, 0.717) is 6.61 Å². The molecule has 9 nitrogen and oxygen atoms in total. The zero-order chi connectivity index (χ0) is 18.3. The number of rotatable bonds is 7. The molecule has 138 valence electrons. The molecule has 0 aromatic heterocycles. The van der Waals surface area contributed by atoms with Crippen molar-refractivity contribution in [1.82, 2.24) is 0 Å². The fourth-order valence-corrected chi connectivity index (χ4v) is 2.32. The Labute approximate surface area is 140 Å². The SMILES string of the molecule is CCCO[C@H]1O[C@H](COC(C)=O)[C@@H](OC(C)=O)[C@@H](OC(C)=O)[C@@H]1N. The zero-order valence-electron chi connectivity index (χ0n) is 14.4. The molecule has 2 N–H and O–H groups in total. The van der Waals surface area contributed by atoms with E-state index in [9.17, 15) is 14.4 Å². The van der Waals surface area contributed by atoms with Gasteiger partial charge in [0.2, 0.25) is 0 Å². The van der Waals surface area contributed by atoms with Crippen LogP contribution in [0.15, 0.2) is 0 Å². The van der Waals surface area contributed by atoms with Crippen LogP contribution >= 0.6 is 0 Å². The highest BCUT2D eigenvalue weighted by Crippen LogP contribution is 2.26. The number of ether oxygens (including phenoxy) is 5. The lowest BCUT2D eigenvalue weighted by Gasteiger charge is -2.43. The molecule has 5 atom stereocenters. The third-order valence-electron chi connectivity index (χ3n) is 3.23. The molecule has 0 amide bonds. The normalized spacial score (nSPS) is 29.6. The Morgan fingerprint density at radius 3 is 2.08 bits per heavy atom. The Hall–Kier alpha value is -1.71. The van der Waals surface area contributed by atoms with Gasteiger partial charge in [0.1, 0.15) is 12.7 Å². The smallest absolute Gasteiger partial charge is 0.303 e. The first-order chi connectivity index (χ1) is 11.3. The highest BCUT2D eigenvalue weighted by molar-refractivity contribution is 5.67. The second kappa shape index (κ2) is 9.55. The van der Waals surface area contributed by atoms with Crippen LogP contribution in [-0.4, -0.2) is 61.8 Å². The predicted octanol–water partition coefficient (Wildman–Crippen LogP) is -0.108.